The molecule has 1 heterocycles. The monoisotopic (exact) mass is 371 g/mol. The van der Waals surface area contributed by atoms with Gasteiger partial charge in [-0.15, -0.1) is 0 Å². The molecule has 2 N–H and O–H groups in total. The highest BCUT2D eigenvalue weighted by molar-refractivity contribution is 6.05. The zero-order valence-corrected chi connectivity index (χ0v) is 15.5. The van der Waals surface area contributed by atoms with E-state index in [0.717, 1.165) is 37.7 Å². The normalized spacial score (nSPS) is 21.7. The summed E-state index contributed by atoms with van der Waals surface area (Å²) >= 11 is 0. The van der Waals surface area contributed by atoms with Crippen LogP contribution in [0.1, 0.15) is 54.9 Å². The topological polar surface area (TPSA) is 95.6 Å². The Labute approximate surface area is 158 Å². The standard InChI is InChI=1S/C20H25N3O4/c1-2-13-7-9-14(10-8-13)18(25)22-21-17(24)11-12-23-19(26)15-5-3-4-6-16(15)20(23)27/h7-10,15-16H,2-6,11-12H2,1H3,(H,21,24)(H,22,25)/t15-,16-/m0/s1. The number of benzene rings is 1. The van der Waals surface area contributed by atoms with Gasteiger partial charge in [0.1, 0.15) is 0 Å². The van der Waals surface area contributed by atoms with E-state index in [0.29, 0.717) is 5.56 Å². The Morgan fingerprint density at radius 2 is 1.59 bits per heavy atom. The first-order valence-electron chi connectivity index (χ1n) is 9.54. The summed E-state index contributed by atoms with van der Waals surface area (Å²) in [5.41, 5.74) is 6.26. The van der Waals surface area contributed by atoms with Crippen molar-refractivity contribution in [2.45, 2.75) is 45.4 Å². The van der Waals surface area contributed by atoms with Gasteiger partial charge in [0.25, 0.3) is 5.91 Å². The Balaban J connectivity index is 1.46. The number of carbonyl (C=O) groups excluding carboxylic acids is 4. The molecule has 3 rings (SSSR count). The summed E-state index contributed by atoms with van der Waals surface area (Å²) < 4.78 is 0. The van der Waals surface area contributed by atoms with Gasteiger partial charge >= 0.3 is 0 Å². The number of fused-ring (bicyclic) bond motifs is 1. The van der Waals surface area contributed by atoms with Crippen LogP contribution in [0.2, 0.25) is 0 Å². The lowest BCUT2D eigenvalue weighted by Gasteiger charge is -2.19. The number of carbonyl (C=O) groups is 4. The summed E-state index contributed by atoms with van der Waals surface area (Å²) in [6.45, 7) is 2.08. The molecule has 0 radical (unpaired) electrons. The van der Waals surface area contributed by atoms with E-state index >= 15 is 0 Å². The fourth-order valence-corrected chi connectivity index (χ4v) is 3.82. The molecular weight excluding hydrogens is 346 g/mol. The van der Waals surface area contributed by atoms with Crippen LogP contribution in [0.15, 0.2) is 24.3 Å². The molecule has 7 nitrogen and oxygen atoms in total. The SMILES string of the molecule is CCc1ccc(C(=O)NNC(=O)CCN2C(=O)[C@H]3CCCC[C@@H]3C2=O)cc1. The fourth-order valence-electron chi connectivity index (χ4n) is 3.82. The molecule has 27 heavy (non-hydrogen) atoms. The third-order valence-electron chi connectivity index (χ3n) is 5.43. The number of amides is 4. The van der Waals surface area contributed by atoms with Crippen molar-refractivity contribution >= 4 is 23.6 Å². The highest BCUT2D eigenvalue weighted by Crippen LogP contribution is 2.37. The summed E-state index contributed by atoms with van der Waals surface area (Å²) in [5, 5.41) is 0. The molecule has 0 unspecified atom stereocenters. The minimum atomic E-state index is -0.441. The lowest BCUT2D eigenvalue weighted by molar-refractivity contribution is -0.140. The van der Waals surface area contributed by atoms with Crippen LogP contribution in [-0.4, -0.2) is 35.1 Å². The van der Waals surface area contributed by atoms with Gasteiger partial charge in [-0.25, -0.2) is 0 Å². The summed E-state index contributed by atoms with van der Waals surface area (Å²) in [6.07, 6.45) is 4.30. The molecule has 4 amide bonds. The van der Waals surface area contributed by atoms with E-state index in [1.165, 1.54) is 4.90 Å². The third-order valence-corrected chi connectivity index (χ3v) is 5.43. The van der Waals surface area contributed by atoms with Crippen molar-refractivity contribution in [1.82, 2.24) is 15.8 Å². The van der Waals surface area contributed by atoms with Crippen LogP contribution in [0.5, 0.6) is 0 Å². The molecule has 7 heteroatoms. The summed E-state index contributed by atoms with van der Waals surface area (Å²) in [7, 11) is 0. The Morgan fingerprint density at radius 3 is 2.15 bits per heavy atom. The van der Waals surface area contributed by atoms with Crippen molar-refractivity contribution in [3.8, 4) is 0 Å². The number of likely N-dealkylation sites (tertiary alicyclic amines) is 1. The molecule has 1 aromatic rings. The number of hydrogen-bond donors (Lipinski definition) is 2. The average molecular weight is 371 g/mol. The van der Waals surface area contributed by atoms with Gasteiger partial charge < -0.3 is 0 Å². The summed E-state index contributed by atoms with van der Waals surface area (Å²) in [4.78, 5) is 50.0. The van der Waals surface area contributed by atoms with Crippen LogP contribution in [0, 0.1) is 11.8 Å². The van der Waals surface area contributed by atoms with Gasteiger partial charge in [-0.05, 0) is 37.0 Å². The van der Waals surface area contributed by atoms with Crippen molar-refractivity contribution in [2.24, 2.45) is 11.8 Å². The largest absolute Gasteiger partial charge is 0.282 e. The maximum absolute atomic E-state index is 12.4. The molecule has 2 atom stereocenters. The van der Waals surface area contributed by atoms with Gasteiger partial charge in [-0.1, -0.05) is 31.9 Å². The molecule has 1 aliphatic carbocycles. The fraction of sp³-hybridized carbons (Fsp3) is 0.500. The van der Waals surface area contributed by atoms with E-state index in [2.05, 4.69) is 10.9 Å². The van der Waals surface area contributed by atoms with E-state index in [4.69, 9.17) is 0 Å². The van der Waals surface area contributed by atoms with Crippen LogP contribution in [0.25, 0.3) is 0 Å². The summed E-state index contributed by atoms with van der Waals surface area (Å²) in [6, 6.07) is 7.12. The summed E-state index contributed by atoms with van der Waals surface area (Å²) in [5.74, 6) is -1.58. The van der Waals surface area contributed by atoms with Crippen LogP contribution in [0.3, 0.4) is 0 Å². The highest BCUT2D eigenvalue weighted by Gasteiger charge is 2.47. The molecule has 1 saturated carbocycles. The van der Waals surface area contributed by atoms with E-state index in [9.17, 15) is 19.2 Å². The Kier molecular flexibility index (Phi) is 5.88. The first-order valence-corrected chi connectivity index (χ1v) is 9.54. The van der Waals surface area contributed by atoms with Crippen LogP contribution in [-0.2, 0) is 20.8 Å². The highest BCUT2D eigenvalue weighted by atomic mass is 16.2. The predicted octanol–water partition coefficient (Wildman–Crippen LogP) is 1.58. The molecule has 1 aromatic carbocycles. The van der Waals surface area contributed by atoms with Crippen molar-refractivity contribution in [3.05, 3.63) is 35.4 Å². The maximum Gasteiger partial charge on any atom is 0.269 e. The second-order valence-electron chi connectivity index (χ2n) is 7.13. The van der Waals surface area contributed by atoms with Gasteiger partial charge in [0.05, 0.1) is 11.8 Å². The number of rotatable bonds is 5. The molecule has 1 saturated heterocycles. The number of nitrogens with one attached hydrogen (secondary N) is 2. The predicted molar refractivity (Wildman–Crippen MR) is 98.2 cm³/mol. The van der Waals surface area contributed by atoms with Gasteiger partial charge in [0.15, 0.2) is 0 Å². The second kappa shape index (κ2) is 8.33. The van der Waals surface area contributed by atoms with Crippen LogP contribution in [0.4, 0.5) is 0 Å². The molecule has 0 bridgehead atoms. The van der Waals surface area contributed by atoms with Crippen molar-refractivity contribution in [3.63, 3.8) is 0 Å². The number of imide groups is 1. The number of nitrogens with zero attached hydrogens (tertiary/aromatic N) is 1. The van der Waals surface area contributed by atoms with Gasteiger partial charge in [-0.3, -0.25) is 34.9 Å². The number of aryl methyl sites for hydroxylation is 1. The van der Waals surface area contributed by atoms with E-state index in [-0.39, 0.29) is 36.6 Å². The van der Waals surface area contributed by atoms with Crippen molar-refractivity contribution < 1.29 is 19.2 Å². The van der Waals surface area contributed by atoms with Crippen molar-refractivity contribution in [2.75, 3.05) is 6.54 Å². The average Bonchev–Trinajstić information content (AvgIpc) is 2.95. The quantitative estimate of drug-likeness (QED) is 0.607. The molecule has 0 spiro atoms. The number of hydrogen-bond acceptors (Lipinski definition) is 4. The lowest BCUT2D eigenvalue weighted by atomic mass is 9.81. The Bertz CT molecular complexity index is 720. The van der Waals surface area contributed by atoms with Gasteiger partial charge in [0.2, 0.25) is 17.7 Å². The van der Waals surface area contributed by atoms with E-state index < -0.39 is 11.8 Å². The zero-order chi connectivity index (χ0) is 19.4. The van der Waals surface area contributed by atoms with Crippen LogP contribution < -0.4 is 10.9 Å². The molecule has 1 aliphatic heterocycles. The van der Waals surface area contributed by atoms with Gasteiger partial charge in [0, 0.05) is 18.5 Å². The maximum atomic E-state index is 12.4. The van der Waals surface area contributed by atoms with Gasteiger partial charge in [-0.2, -0.15) is 0 Å². The minimum Gasteiger partial charge on any atom is -0.282 e. The molecular formula is C20H25N3O4. The molecule has 2 fully saturated rings. The molecule has 144 valence electrons. The molecule has 2 aliphatic rings. The number of hydrazine groups is 1. The van der Waals surface area contributed by atoms with E-state index in [1.54, 1.807) is 12.1 Å². The van der Waals surface area contributed by atoms with Crippen molar-refractivity contribution in [1.29, 1.82) is 0 Å². The zero-order valence-electron chi connectivity index (χ0n) is 15.5. The lowest BCUT2D eigenvalue weighted by Crippen LogP contribution is -2.43. The first kappa shape index (κ1) is 19.1. The Hall–Kier alpha value is -2.70. The first-order chi connectivity index (χ1) is 13.0. The Morgan fingerprint density at radius 1 is 1.00 bits per heavy atom. The minimum absolute atomic E-state index is 0.0357. The third kappa shape index (κ3) is 4.18. The smallest absolute Gasteiger partial charge is 0.269 e. The second-order valence-corrected chi connectivity index (χ2v) is 7.13. The molecule has 0 aromatic heterocycles. The van der Waals surface area contributed by atoms with Crippen LogP contribution >= 0.6 is 0 Å². The van der Waals surface area contributed by atoms with E-state index in [1.807, 2.05) is 19.1 Å².